The summed E-state index contributed by atoms with van der Waals surface area (Å²) in [6.07, 6.45) is 3.62. The van der Waals surface area contributed by atoms with Crippen molar-refractivity contribution in [1.82, 2.24) is 4.90 Å². The van der Waals surface area contributed by atoms with Crippen molar-refractivity contribution < 1.29 is 0 Å². The number of thiocarbonyl (C=S) groups is 1. The van der Waals surface area contributed by atoms with Gasteiger partial charge in [-0.15, -0.1) is 0 Å². The van der Waals surface area contributed by atoms with Crippen LogP contribution < -0.4 is 0 Å². The van der Waals surface area contributed by atoms with Gasteiger partial charge in [0.05, 0.1) is 0 Å². The van der Waals surface area contributed by atoms with E-state index in [4.69, 9.17) is 33.8 Å². The van der Waals surface area contributed by atoms with Crippen LogP contribution in [0.3, 0.4) is 0 Å². The second-order valence-electron chi connectivity index (χ2n) is 5.61. The smallest absolute Gasteiger partial charge is 0.0165 e. The summed E-state index contributed by atoms with van der Waals surface area (Å²) < 4.78 is 3.22. The summed E-state index contributed by atoms with van der Waals surface area (Å²) in [7, 11) is 5.85. The monoisotopic (exact) mass is 463 g/mol. The molecule has 0 saturated carbocycles. The van der Waals surface area contributed by atoms with Gasteiger partial charge in [-0.25, -0.2) is 0 Å². The van der Waals surface area contributed by atoms with Crippen LogP contribution in [0.4, 0.5) is 0 Å². The quantitative estimate of drug-likeness (QED) is 0.351. The number of halogens is 1. The van der Waals surface area contributed by atoms with Crippen LogP contribution in [0.15, 0.2) is 30.3 Å². The third-order valence-corrected chi connectivity index (χ3v) is 12.5. The molecule has 1 fully saturated rings. The molecule has 0 spiro atoms. The average Bonchev–Trinajstić information content (AvgIpc) is 2.56. The maximum atomic E-state index is 5.85. The largest absolute Gasteiger partial charge is 0.411 e. The van der Waals surface area contributed by atoms with Crippen LogP contribution in [0.25, 0.3) is 0 Å². The zero-order valence-electron chi connectivity index (χ0n) is 13.6. The van der Waals surface area contributed by atoms with E-state index < -0.39 is 18.6 Å². The van der Waals surface area contributed by atoms with Crippen molar-refractivity contribution in [2.45, 2.75) is 42.0 Å². The summed E-state index contributed by atoms with van der Waals surface area (Å²) in [4.78, 5) is 2.14. The molecule has 0 unspecified atom stereocenters. The van der Waals surface area contributed by atoms with E-state index in [1.54, 1.807) is 0 Å². The van der Waals surface area contributed by atoms with Crippen LogP contribution in [-0.4, -0.2) is 40.9 Å². The fourth-order valence-electron chi connectivity index (χ4n) is 2.52. The molecular formula is C17H26ClNS2Sn. The summed E-state index contributed by atoms with van der Waals surface area (Å²) >= 11 is 8.91. The van der Waals surface area contributed by atoms with Gasteiger partial charge in [-0.2, -0.15) is 0 Å². The Morgan fingerprint density at radius 3 is 2.18 bits per heavy atom. The first-order chi connectivity index (χ1) is 10.6. The summed E-state index contributed by atoms with van der Waals surface area (Å²) in [6.45, 7) is 6.45. The van der Waals surface area contributed by atoms with Crippen molar-refractivity contribution in [3.8, 4) is 0 Å². The summed E-state index contributed by atoms with van der Waals surface area (Å²) in [5, 5.41) is 0. The third kappa shape index (κ3) is 8.32. The number of benzene rings is 1. The Labute approximate surface area is 157 Å². The van der Waals surface area contributed by atoms with E-state index in [0.717, 1.165) is 19.0 Å². The van der Waals surface area contributed by atoms with Crippen LogP contribution in [-0.2, 0) is 19.0 Å². The van der Waals surface area contributed by atoms with E-state index in [-0.39, 0.29) is 0 Å². The molecule has 0 atom stereocenters. The first kappa shape index (κ1) is 20.5. The van der Waals surface area contributed by atoms with Crippen LogP contribution in [0, 0.1) is 5.92 Å². The molecule has 0 N–H and O–H groups in total. The van der Waals surface area contributed by atoms with Gasteiger partial charge in [0.2, 0.25) is 0 Å². The number of likely N-dealkylation sites (tertiary alicyclic amines) is 1. The molecule has 22 heavy (non-hydrogen) atoms. The normalized spacial score (nSPS) is 15.0. The number of nitrogens with zero attached hydrogens (tertiary/aromatic N) is 1. The van der Waals surface area contributed by atoms with E-state index >= 15 is 0 Å². The van der Waals surface area contributed by atoms with Crippen molar-refractivity contribution in [1.29, 1.82) is 0 Å². The summed E-state index contributed by atoms with van der Waals surface area (Å²) in [5.41, 5.74) is 1.45. The summed E-state index contributed by atoms with van der Waals surface area (Å²) in [5.74, 6) is 0.794. The SMILES string of the molecule is C[CH2][Sn+]([Cl])[CH2]C.S=C([S-])N1CCC(Cc2ccccc2)CC1. The van der Waals surface area contributed by atoms with E-state index in [9.17, 15) is 0 Å². The molecule has 1 aromatic rings. The molecule has 0 amide bonds. The Hall–Kier alpha value is 0.419. The fraction of sp³-hybridized carbons (Fsp3) is 0.588. The molecule has 5 heteroatoms. The third-order valence-electron chi connectivity index (χ3n) is 4.01. The average molecular weight is 463 g/mol. The molecule has 1 aromatic carbocycles. The molecule has 0 aromatic heterocycles. The summed E-state index contributed by atoms with van der Waals surface area (Å²) in [6, 6.07) is 10.7. The molecule has 1 aliphatic heterocycles. The molecule has 1 heterocycles. The van der Waals surface area contributed by atoms with E-state index in [1.165, 1.54) is 33.7 Å². The van der Waals surface area contributed by atoms with Gasteiger partial charge in [-0.1, -0.05) is 34.7 Å². The Morgan fingerprint density at radius 1 is 1.23 bits per heavy atom. The molecule has 2 rings (SSSR count). The second-order valence-corrected chi connectivity index (χ2v) is 17.2. The van der Waals surface area contributed by atoms with Gasteiger partial charge in [-0.05, 0) is 30.7 Å². The van der Waals surface area contributed by atoms with Crippen molar-refractivity contribution in [2.75, 3.05) is 13.1 Å². The standard InChI is InChI=1S/C13H17NS2.2C2H5.ClH.Sn/c15-13(16)14-8-6-12(7-9-14)10-11-4-2-1-3-5-11;2*1-2;;/h1-5,12H,6-10H2,(H,15,16);2*1H2,2H3;1H;/q;;;;+2/p-2. The van der Waals surface area contributed by atoms with E-state index in [1.807, 2.05) is 0 Å². The van der Waals surface area contributed by atoms with Gasteiger partial charge in [-0.3, -0.25) is 0 Å². The van der Waals surface area contributed by atoms with E-state index in [0.29, 0.717) is 4.32 Å². The van der Waals surface area contributed by atoms with Crippen molar-refractivity contribution >= 4 is 56.7 Å². The van der Waals surface area contributed by atoms with Crippen LogP contribution in [0.1, 0.15) is 32.3 Å². The minimum atomic E-state index is -1.14. The zero-order valence-corrected chi connectivity index (χ0v) is 18.8. The fourth-order valence-corrected chi connectivity index (χ4v) is 4.31. The van der Waals surface area contributed by atoms with Crippen molar-refractivity contribution in [2.24, 2.45) is 5.92 Å². The second kappa shape index (κ2) is 11.9. The Bertz CT molecular complexity index is 418. The minimum absolute atomic E-state index is 0.637. The predicted octanol–water partition coefficient (Wildman–Crippen LogP) is 5.03. The van der Waals surface area contributed by atoms with E-state index in [2.05, 4.69) is 49.1 Å². The molecule has 1 aliphatic rings. The minimum Gasteiger partial charge on any atom is -0.411 e. The van der Waals surface area contributed by atoms with Crippen molar-refractivity contribution in [3.05, 3.63) is 35.9 Å². The van der Waals surface area contributed by atoms with Gasteiger partial charge >= 0.3 is 50.3 Å². The van der Waals surface area contributed by atoms with Gasteiger partial charge in [0.1, 0.15) is 0 Å². The zero-order chi connectivity index (χ0) is 16.4. The predicted molar refractivity (Wildman–Crippen MR) is 107 cm³/mol. The molecule has 0 radical (unpaired) electrons. The number of hydrogen-bond donors (Lipinski definition) is 0. The molecule has 122 valence electrons. The van der Waals surface area contributed by atoms with Crippen LogP contribution in [0.5, 0.6) is 0 Å². The first-order valence-electron chi connectivity index (χ1n) is 8.06. The number of rotatable bonds is 4. The molecular weight excluding hydrogens is 436 g/mol. The molecule has 1 nitrogen and oxygen atoms in total. The van der Waals surface area contributed by atoms with Gasteiger partial charge in [0.25, 0.3) is 0 Å². The maximum absolute atomic E-state index is 5.85. The molecule has 1 saturated heterocycles. The van der Waals surface area contributed by atoms with Crippen LogP contribution >= 0.6 is 21.1 Å². The topological polar surface area (TPSA) is 3.24 Å². The molecule has 0 bridgehead atoms. The van der Waals surface area contributed by atoms with Gasteiger partial charge < -0.3 is 29.7 Å². The van der Waals surface area contributed by atoms with Gasteiger partial charge in [0.15, 0.2) is 0 Å². The number of hydrogen-bond acceptors (Lipinski definition) is 2. The molecule has 0 aliphatic carbocycles. The maximum Gasteiger partial charge on any atom is 0.0165 e. The Morgan fingerprint density at radius 2 is 1.77 bits per heavy atom. The Balaban J connectivity index is 0.000000346. The Kier molecular flexibility index (Phi) is 11.0. The van der Waals surface area contributed by atoms with Crippen LogP contribution in [0.2, 0.25) is 8.87 Å². The van der Waals surface area contributed by atoms with Gasteiger partial charge in [0, 0.05) is 13.1 Å². The number of piperidine rings is 1. The van der Waals surface area contributed by atoms with Crippen molar-refractivity contribution in [3.63, 3.8) is 0 Å². The first-order valence-corrected chi connectivity index (χ1v) is 16.5.